The molecule has 0 aromatic heterocycles. The molecule has 126 valence electrons. The van der Waals surface area contributed by atoms with Crippen LogP contribution in [-0.4, -0.2) is 72.8 Å². The number of rotatable bonds is 3. The highest BCUT2D eigenvalue weighted by Crippen LogP contribution is 2.11. The summed E-state index contributed by atoms with van der Waals surface area (Å²) in [5.74, 6) is -0.469. The van der Waals surface area contributed by atoms with Gasteiger partial charge in [-0.05, 0) is 27.7 Å². The maximum Gasteiger partial charge on any atom is 0.410 e. The number of amides is 3. The van der Waals surface area contributed by atoms with Crippen LogP contribution in [0, 0.1) is 0 Å². The molecule has 0 radical (unpaired) electrons. The fraction of sp³-hybridized carbons (Fsp3) is 0.786. The molecule has 1 aliphatic rings. The summed E-state index contributed by atoms with van der Waals surface area (Å²) < 4.78 is 10.0. The van der Waals surface area contributed by atoms with E-state index in [1.54, 1.807) is 16.7 Å². The maximum absolute atomic E-state index is 11.9. The molecule has 1 heterocycles. The van der Waals surface area contributed by atoms with Gasteiger partial charge in [-0.3, -0.25) is 4.79 Å². The molecule has 0 unspecified atom stereocenters. The van der Waals surface area contributed by atoms with Gasteiger partial charge in [0.05, 0.1) is 6.61 Å². The van der Waals surface area contributed by atoms with Gasteiger partial charge in [-0.2, -0.15) is 0 Å². The number of hydrogen-bond acceptors (Lipinski definition) is 5. The summed E-state index contributed by atoms with van der Waals surface area (Å²) >= 11 is 0. The van der Waals surface area contributed by atoms with E-state index in [1.807, 2.05) is 20.8 Å². The lowest BCUT2D eigenvalue weighted by Gasteiger charge is -2.35. The lowest BCUT2D eigenvalue weighted by molar-refractivity contribution is -0.141. The van der Waals surface area contributed by atoms with Crippen LogP contribution in [-0.2, 0) is 14.3 Å². The van der Waals surface area contributed by atoms with Gasteiger partial charge in [0.1, 0.15) is 12.1 Å². The van der Waals surface area contributed by atoms with Gasteiger partial charge < -0.3 is 24.6 Å². The molecule has 8 heteroatoms. The predicted octanol–water partition coefficient (Wildman–Crippen LogP) is 0.812. The SMILES string of the molecule is CCOC(=O)CNC(=O)N1CCN(C(=O)OC(C)(C)C)CC1. The summed E-state index contributed by atoms with van der Waals surface area (Å²) in [4.78, 5) is 38.1. The molecule has 0 saturated carbocycles. The molecule has 0 spiro atoms. The highest BCUT2D eigenvalue weighted by atomic mass is 16.6. The van der Waals surface area contributed by atoms with Crippen LogP contribution in [0.4, 0.5) is 9.59 Å². The van der Waals surface area contributed by atoms with Crippen molar-refractivity contribution in [1.82, 2.24) is 15.1 Å². The zero-order chi connectivity index (χ0) is 16.8. The standard InChI is InChI=1S/C14H25N3O5/c1-5-21-11(18)10-15-12(19)16-6-8-17(9-7-16)13(20)22-14(2,3)4/h5-10H2,1-4H3,(H,15,19). The summed E-state index contributed by atoms with van der Waals surface area (Å²) in [5, 5.41) is 2.50. The summed E-state index contributed by atoms with van der Waals surface area (Å²) in [6, 6.07) is -0.336. The lowest BCUT2D eigenvalue weighted by Crippen LogP contribution is -2.54. The number of hydrogen-bond donors (Lipinski definition) is 1. The first-order valence-electron chi connectivity index (χ1n) is 7.39. The second-order valence-corrected chi connectivity index (χ2v) is 5.92. The second kappa shape index (κ2) is 7.86. The van der Waals surface area contributed by atoms with Crippen LogP contribution in [0.15, 0.2) is 0 Å². The van der Waals surface area contributed by atoms with Gasteiger partial charge in [-0.15, -0.1) is 0 Å². The van der Waals surface area contributed by atoms with E-state index in [4.69, 9.17) is 9.47 Å². The Morgan fingerprint density at radius 1 is 1.05 bits per heavy atom. The molecule has 0 aromatic rings. The second-order valence-electron chi connectivity index (χ2n) is 5.92. The normalized spacial score (nSPS) is 15.3. The zero-order valence-corrected chi connectivity index (χ0v) is 13.7. The molecule has 0 bridgehead atoms. The third-order valence-electron chi connectivity index (χ3n) is 2.91. The van der Waals surface area contributed by atoms with Crippen LogP contribution in [0.3, 0.4) is 0 Å². The van der Waals surface area contributed by atoms with Crippen molar-refractivity contribution in [3.05, 3.63) is 0 Å². The first kappa shape index (κ1) is 18.1. The van der Waals surface area contributed by atoms with Crippen molar-refractivity contribution in [2.75, 3.05) is 39.3 Å². The third-order valence-corrected chi connectivity index (χ3v) is 2.91. The minimum absolute atomic E-state index is 0.154. The number of carbonyl (C=O) groups is 3. The molecule has 0 aromatic carbocycles. The van der Waals surface area contributed by atoms with Crippen molar-refractivity contribution >= 4 is 18.1 Å². The van der Waals surface area contributed by atoms with Gasteiger partial charge in [0.2, 0.25) is 0 Å². The van der Waals surface area contributed by atoms with Crippen molar-refractivity contribution < 1.29 is 23.9 Å². The minimum Gasteiger partial charge on any atom is -0.465 e. The molecule has 1 fully saturated rings. The molecule has 8 nitrogen and oxygen atoms in total. The van der Waals surface area contributed by atoms with Gasteiger partial charge in [-0.1, -0.05) is 0 Å². The highest BCUT2D eigenvalue weighted by Gasteiger charge is 2.27. The maximum atomic E-state index is 11.9. The molecule has 1 saturated heterocycles. The lowest BCUT2D eigenvalue weighted by atomic mass is 10.2. The van der Waals surface area contributed by atoms with E-state index in [9.17, 15) is 14.4 Å². The molecule has 1 N–H and O–H groups in total. The Morgan fingerprint density at radius 2 is 1.59 bits per heavy atom. The fourth-order valence-corrected chi connectivity index (χ4v) is 1.89. The average molecular weight is 315 g/mol. The molecule has 0 atom stereocenters. The number of carbonyl (C=O) groups excluding carboxylic acids is 3. The molecular weight excluding hydrogens is 290 g/mol. The molecule has 3 amide bonds. The number of ether oxygens (including phenoxy) is 2. The Bertz CT molecular complexity index is 411. The Labute approximate surface area is 130 Å². The van der Waals surface area contributed by atoms with E-state index in [0.717, 1.165) is 0 Å². The monoisotopic (exact) mass is 315 g/mol. The summed E-state index contributed by atoms with van der Waals surface area (Å²) in [6.07, 6.45) is -0.376. The number of nitrogens with zero attached hydrogens (tertiary/aromatic N) is 2. The smallest absolute Gasteiger partial charge is 0.410 e. The minimum atomic E-state index is -0.536. The molecule has 1 rings (SSSR count). The van der Waals surface area contributed by atoms with Gasteiger partial charge in [0.25, 0.3) is 0 Å². The first-order chi connectivity index (χ1) is 10.2. The summed E-state index contributed by atoms with van der Waals surface area (Å²) in [7, 11) is 0. The number of piperazine rings is 1. The van der Waals surface area contributed by atoms with E-state index >= 15 is 0 Å². The Kier molecular flexibility index (Phi) is 6.45. The molecule has 22 heavy (non-hydrogen) atoms. The zero-order valence-electron chi connectivity index (χ0n) is 13.7. The Morgan fingerprint density at radius 3 is 2.09 bits per heavy atom. The molecule has 1 aliphatic heterocycles. The van der Waals surface area contributed by atoms with Gasteiger partial charge in [0.15, 0.2) is 0 Å². The highest BCUT2D eigenvalue weighted by molar-refractivity contribution is 5.81. The van der Waals surface area contributed by atoms with Crippen LogP contribution in [0.1, 0.15) is 27.7 Å². The van der Waals surface area contributed by atoms with Gasteiger partial charge >= 0.3 is 18.1 Å². The van der Waals surface area contributed by atoms with Crippen molar-refractivity contribution in [3.8, 4) is 0 Å². The summed E-state index contributed by atoms with van der Waals surface area (Å²) in [5.41, 5.74) is -0.536. The number of esters is 1. The first-order valence-corrected chi connectivity index (χ1v) is 7.39. The van der Waals surface area contributed by atoms with Crippen LogP contribution in [0.5, 0.6) is 0 Å². The Balaban J connectivity index is 2.34. The Hall–Kier alpha value is -1.99. The fourth-order valence-electron chi connectivity index (χ4n) is 1.89. The average Bonchev–Trinajstić information content (AvgIpc) is 2.43. The molecular formula is C14H25N3O5. The van der Waals surface area contributed by atoms with Crippen LogP contribution >= 0.6 is 0 Å². The largest absolute Gasteiger partial charge is 0.465 e. The summed E-state index contributed by atoms with van der Waals surface area (Å²) in [6.45, 7) is 8.86. The third kappa shape index (κ3) is 6.19. The van der Waals surface area contributed by atoms with Crippen molar-refractivity contribution in [2.24, 2.45) is 0 Å². The molecule has 0 aliphatic carbocycles. The van der Waals surface area contributed by atoms with Crippen LogP contribution < -0.4 is 5.32 Å². The quantitative estimate of drug-likeness (QED) is 0.779. The van der Waals surface area contributed by atoms with E-state index < -0.39 is 11.6 Å². The van der Waals surface area contributed by atoms with E-state index in [2.05, 4.69) is 5.32 Å². The number of nitrogens with one attached hydrogen (secondary N) is 1. The topological polar surface area (TPSA) is 88.2 Å². The number of urea groups is 1. The predicted molar refractivity (Wildman–Crippen MR) is 79.4 cm³/mol. The van der Waals surface area contributed by atoms with E-state index in [0.29, 0.717) is 26.2 Å². The van der Waals surface area contributed by atoms with E-state index in [1.165, 1.54) is 0 Å². The van der Waals surface area contributed by atoms with E-state index in [-0.39, 0.29) is 25.3 Å². The van der Waals surface area contributed by atoms with Crippen molar-refractivity contribution in [1.29, 1.82) is 0 Å². The van der Waals surface area contributed by atoms with Gasteiger partial charge in [-0.25, -0.2) is 9.59 Å². The van der Waals surface area contributed by atoms with Crippen molar-refractivity contribution in [3.63, 3.8) is 0 Å². The van der Waals surface area contributed by atoms with Gasteiger partial charge in [0, 0.05) is 26.2 Å². The van der Waals surface area contributed by atoms with Crippen LogP contribution in [0.25, 0.3) is 0 Å². The van der Waals surface area contributed by atoms with Crippen LogP contribution in [0.2, 0.25) is 0 Å². The van der Waals surface area contributed by atoms with Crippen molar-refractivity contribution in [2.45, 2.75) is 33.3 Å².